The molecule has 0 atom stereocenters. The summed E-state index contributed by atoms with van der Waals surface area (Å²) in [5, 5.41) is 3.45. The second-order valence-corrected chi connectivity index (χ2v) is 7.36. The highest BCUT2D eigenvalue weighted by atomic mass is 16.3. The Morgan fingerprint density at radius 2 is 1.68 bits per heavy atom. The molecule has 1 aliphatic rings. The zero-order chi connectivity index (χ0) is 18.7. The molecule has 0 amide bonds. The van der Waals surface area contributed by atoms with Crippen LogP contribution in [-0.4, -0.2) is 6.54 Å². The third kappa shape index (κ3) is 2.14. The van der Waals surface area contributed by atoms with Gasteiger partial charge in [-0.25, -0.2) is 0 Å². The predicted molar refractivity (Wildman–Crippen MR) is 114 cm³/mol. The van der Waals surface area contributed by atoms with Crippen LogP contribution in [0.2, 0.25) is 0 Å². The fourth-order valence-corrected chi connectivity index (χ4v) is 4.52. The Labute approximate surface area is 162 Å². The van der Waals surface area contributed by atoms with Crippen molar-refractivity contribution in [1.82, 2.24) is 0 Å². The summed E-state index contributed by atoms with van der Waals surface area (Å²) in [6, 6.07) is 20.9. The molecule has 0 aliphatic heterocycles. The van der Waals surface area contributed by atoms with Gasteiger partial charge in [0.1, 0.15) is 22.5 Å². The van der Waals surface area contributed by atoms with Gasteiger partial charge < -0.3 is 14.6 Å². The maximum absolute atomic E-state index is 6.14. The number of hydrogen-bond acceptors (Lipinski definition) is 3. The van der Waals surface area contributed by atoms with Gasteiger partial charge in [0.05, 0.1) is 0 Å². The molecule has 2 heterocycles. The smallest absolute Gasteiger partial charge is 0.136 e. The standard InChI is InChI=1S/C25H19NO2/c26-14-16-5-3-9-22-24(16)19-13-15(11-12-21(19)28-22)17-7-4-10-23-25(17)18-6-1-2-8-20(18)27-23/h1-2,4-8,10-13H,3,9,14,26H2. The van der Waals surface area contributed by atoms with Crippen LogP contribution >= 0.6 is 0 Å². The molecule has 136 valence electrons. The van der Waals surface area contributed by atoms with Crippen molar-refractivity contribution in [3.63, 3.8) is 0 Å². The van der Waals surface area contributed by atoms with Crippen LogP contribution in [0.25, 0.3) is 49.6 Å². The Morgan fingerprint density at radius 3 is 2.61 bits per heavy atom. The second kappa shape index (κ2) is 5.85. The van der Waals surface area contributed by atoms with Gasteiger partial charge in [-0.1, -0.05) is 42.5 Å². The summed E-state index contributed by atoms with van der Waals surface area (Å²) in [6.45, 7) is 0.536. The Hall–Kier alpha value is -3.30. The van der Waals surface area contributed by atoms with Gasteiger partial charge in [-0.05, 0) is 47.4 Å². The van der Waals surface area contributed by atoms with E-state index in [1.165, 1.54) is 16.7 Å². The van der Waals surface area contributed by atoms with Crippen molar-refractivity contribution < 1.29 is 8.83 Å². The van der Waals surface area contributed by atoms with E-state index in [1.54, 1.807) is 0 Å². The Morgan fingerprint density at radius 1 is 0.821 bits per heavy atom. The predicted octanol–water partition coefficient (Wildman–Crippen LogP) is 6.29. The topological polar surface area (TPSA) is 52.3 Å². The summed E-state index contributed by atoms with van der Waals surface area (Å²) in [6.07, 6.45) is 4.17. The Kier molecular flexibility index (Phi) is 3.28. The van der Waals surface area contributed by atoms with Crippen LogP contribution in [0.15, 0.2) is 75.6 Å². The van der Waals surface area contributed by atoms with Gasteiger partial charge in [0.2, 0.25) is 0 Å². The molecule has 0 saturated heterocycles. The number of nitrogens with two attached hydrogens (primary N) is 1. The van der Waals surface area contributed by atoms with Crippen molar-refractivity contribution in [2.75, 3.05) is 6.54 Å². The summed E-state index contributed by atoms with van der Waals surface area (Å²) < 4.78 is 12.2. The van der Waals surface area contributed by atoms with Gasteiger partial charge >= 0.3 is 0 Å². The minimum Gasteiger partial charge on any atom is -0.460 e. The molecule has 6 rings (SSSR count). The Bertz CT molecular complexity index is 1400. The maximum Gasteiger partial charge on any atom is 0.136 e. The maximum atomic E-state index is 6.14. The SMILES string of the molecule is NCC1=CCCc2oc3ccc(-c4cccc5oc6ccccc6c45)cc3c21. The fraction of sp³-hybridized carbons (Fsp3) is 0.120. The van der Waals surface area contributed by atoms with E-state index in [0.29, 0.717) is 6.54 Å². The third-order valence-corrected chi connectivity index (χ3v) is 5.78. The molecule has 0 saturated carbocycles. The molecule has 5 aromatic rings. The van der Waals surface area contributed by atoms with Crippen molar-refractivity contribution in [3.05, 3.63) is 78.1 Å². The molecule has 3 nitrogen and oxygen atoms in total. The van der Waals surface area contributed by atoms with E-state index in [1.807, 2.05) is 18.2 Å². The number of aryl methyl sites for hydroxylation is 1. The van der Waals surface area contributed by atoms with E-state index in [-0.39, 0.29) is 0 Å². The van der Waals surface area contributed by atoms with Crippen molar-refractivity contribution in [2.24, 2.45) is 5.73 Å². The number of para-hydroxylation sites is 1. The van der Waals surface area contributed by atoms with Gasteiger partial charge in [-0.15, -0.1) is 0 Å². The van der Waals surface area contributed by atoms with E-state index < -0.39 is 0 Å². The lowest BCUT2D eigenvalue weighted by molar-refractivity contribution is 0.545. The number of fused-ring (bicyclic) bond motifs is 6. The van der Waals surface area contributed by atoms with Crippen LogP contribution in [0.3, 0.4) is 0 Å². The molecule has 2 N–H and O–H groups in total. The van der Waals surface area contributed by atoms with E-state index >= 15 is 0 Å². The van der Waals surface area contributed by atoms with Gasteiger partial charge in [0.15, 0.2) is 0 Å². The lowest BCUT2D eigenvalue weighted by atomic mass is 9.92. The molecule has 2 aromatic heterocycles. The zero-order valence-corrected chi connectivity index (χ0v) is 15.4. The molecule has 0 radical (unpaired) electrons. The van der Waals surface area contributed by atoms with Crippen LogP contribution in [0.4, 0.5) is 0 Å². The number of benzene rings is 3. The molecular weight excluding hydrogens is 346 g/mol. The third-order valence-electron chi connectivity index (χ3n) is 5.78. The van der Waals surface area contributed by atoms with E-state index in [2.05, 4.69) is 48.5 Å². The van der Waals surface area contributed by atoms with Crippen molar-refractivity contribution >= 4 is 38.5 Å². The molecule has 1 aliphatic carbocycles. The largest absolute Gasteiger partial charge is 0.460 e. The number of rotatable bonds is 2. The number of allylic oxidation sites excluding steroid dienone is 1. The van der Waals surface area contributed by atoms with Crippen molar-refractivity contribution in [1.29, 1.82) is 0 Å². The summed E-state index contributed by atoms with van der Waals surface area (Å²) in [4.78, 5) is 0. The average molecular weight is 365 g/mol. The van der Waals surface area contributed by atoms with E-state index in [0.717, 1.165) is 57.1 Å². The monoisotopic (exact) mass is 365 g/mol. The first-order valence-electron chi connectivity index (χ1n) is 9.69. The lowest BCUT2D eigenvalue weighted by Crippen LogP contribution is -2.06. The lowest BCUT2D eigenvalue weighted by Gasteiger charge is -2.11. The number of furan rings is 2. The first kappa shape index (κ1) is 15.7. The zero-order valence-electron chi connectivity index (χ0n) is 15.4. The Balaban J connectivity index is 1.65. The highest BCUT2D eigenvalue weighted by molar-refractivity contribution is 6.13. The first-order chi connectivity index (χ1) is 13.8. The highest BCUT2D eigenvalue weighted by Gasteiger charge is 2.21. The summed E-state index contributed by atoms with van der Waals surface area (Å²) in [7, 11) is 0. The van der Waals surface area contributed by atoms with Crippen molar-refractivity contribution in [3.8, 4) is 11.1 Å². The fourth-order valence-electron chi connectivity index (χ4n) is 4.52. The molecular formula is C25H19NO2. The molecule has 3 heteroatoms. The van der Waals surface area contributed by atoms with Crippen LogP contribution in [0, 0.1) is 0 Å². The van der Waals surface area contributed by atoms with E-state index in [9.17, 15) is 0 Å². The highest BCUT2D eigenvalue weighted by Crippen LogP contribution is 2.40. The summed E-state index contributed by atoms with van der Waals surface area (Å²) >= 11 is 0. The second-order valence-electron chi connectivity index (χ2n) is 7.36. The van der Waals surface area contributed by atoms with Crippen molar-refractivity contribution in [2.45, 2.75) is 12.8 Å². The summed E-state index contributed by atoms with van der Waals surface area (Å²) in [5.41, 5.74) is 13.5. The summed E-state index contributed by atoms with van der Waals surface area (Å²) in [5.74, 6) is 1.06. The average Bonchev–Trinajstić information content (AvgIpc) is 3.31. The van der Waals surface area contributed by atoms with Gasteiger partial charge in [-0.2, -0.15) is 0 Å². The number of hydrogen-bond donors (Lipinski definition) is 1. The van der Waals surface area contributed by atoms with Gasteiger partial charge in [-0.3, -0.25) is 0 Å². The molecule has 0 unspecified atom stereocenters. The van der Waals surface area contributed by atoms with Crippen LogP contribution in [0.5, 0.6) is 0 Å². The molecule has 0 bridgehead atoms. The van der Waals surface area contributed by atoms with Crippen LogP contribution < -0.4 is 5.73 Å². The van der Waals surface area contributed by atoms with Gasteiger partial charge in [0, 0.05) is 34.7 Å². The molecule has 0 spiro atoms. The van der Waals surface area contributed by atoms with Crippen LogP contribution in [0.1, 0.15) is 17.7 Å². The molecule has 0 fully saturated rings. The minimum atomic E-state index is 0.536. The quantitative estimate of drug-likeness (QED) is 0.400. The van der Waals surface area contributed by atoms with E-state index in [4.69, 9.17) is 14.6 Å². The van der Waals surface area contributed by atoms with Gasteiger partial charge in [0.25, 0.3) is 0 Å². The molecule has 28 heavy (non-hydrogen) atoms. The minimum absolute atomic E-state index is 0.536. The normalized spacial score (nSPS) is 14.0. The molecule has 3 aromatic carbocycles. The first-order valence-corrected chi connectivity index (χ1v) is 9.69. The van der Waals surface area contributed by atoms with Crippen LogP contribution in [-0.2, 0) is 6.42 Å².